The van der Waals surface area contributed by atoms with Crippen LogP contribution in [-0.4, -0.2) is 49.3 Å². The van der Waals surface area contributed by atoms with Crippen LogP contribution < -0.4 is 20.1 Å². The number of rotatable bonds is 6. The van der Waals surface area contributed by atoms with E-state index in [4.69, 9.17) is 9.72 Å². The molecular formula is C22H30N4O2S+2. The summed E-state index contributed by atoms with van der Waals surface area (Å²) in [6, 6.07) is 8.22. The summed E-state index contributed by atoms with van der Waals surface area (Å²) in [5.41, 5.74) is 2.29. The van der Waals surface area contributed by atoms with Crippen LogP contribution in [0.5, 0.6) is 5.75 Å². The number of H-pyrrole nitrogens is 1. The van der Waals surface area contributed by atoms with Crippen molar-refractivity contribution in [2.45, 2.75) is 27.3 Å². The predicted octanol–water partition coefficient (Wildman–Crippen LogP) is 0.272. The van der Waals surface area contributed by atoms with Crippen molar-refractivity contribution in [2.75, 3.05) is 39.3 Å². The number of ether oxygens (including phenoxy) is 1. The topological polar surface area (TPSA) is 63.9 Å². The predicted molar refractivity (Wildman–Crippen MR) is 116 cm³/mol. The van der Waals surface area contributed by atoms with Gasteiger partial charge in [-0.3, -0.25) is 4.79 Å². The number of thiophene rings is 1. The molecule has 6 nitrogen and oxygen atoms in total. The zero-order valence-corrected chi connectivity index (χ0v) is 18.2. The summed E-state index contributed by atoms with van der Waals surface area (Å²) in [4.78, 5) is 25.3. The molecule has 1 fully saturated rings. The average molecular weight is 415 g/mol. The number of aromatic amines is 1. The highest BCUT2D eigenvalue weighted by Gasteiger charge is 2.24. The Morgan fingerprint density at radius 1 is 1.14 bits per heavy atom. The molecule has 0 atom stereocenters. The third-order valence-electron chi connectivity index (χ3n) is 5.88. The van der Waals surface area contributed by atoms with E-state index in [0.717, 1.165) is 73.2 Å². The summed E-state index contributed by atoms with van der Waals surface area (Å²) in [7, 11) is 0. The molecule has 3 heterocycles. The van der Waals surface area contributed by atoms with Crippen LogP contribution >= 0.6 is 11.3 Å². The molecule has 29 heavy (non-hydrogen) atoms. The van der Waals surface area contributed by atoms with Crippen LogP contribution in [-0.2, 0) is 6.54 Å². The van der Waals surface area contributed by atoms with Gasteiger partial charge in [0.2, 0.25) is 0 Å². The Bertz CT molecular complexity index is 1050. The molecule has 1 aromatic carbocycles. The van der Waals surface area contributed by atoms with Gasteiger partial charge in [-0.05, 0) is 44.0 Å². The van der Waals surface area contributed by atoms with Gasteiger partial charge in [-0.25, -0.2) is 4.98 Å². The molecule has 1 aliphatic heterocycles. The van der Waals surface area contributed by atoms with Gasteiger partial charge in [-0.1, -0.05) is 12.1 Å². The van der Waals surface area contributed by atoms with Crippen molar-refractivity contribution in [1.82, 2.24) is 9.97 Å². The minimum absolute atomic E-state index is 0.00353. The largest absolute Gasteiger partial charge is 0.488 e. The molecule has 0 aliphatic carbocycles. The summed E-state index contributed by atoms with van der Waals surface area (Å²) >= 11 is 1.62. The number of hydrogen-bond acceptors (Lipinski definition) is 4. The maximum atomic E-state index is 12.5. The van der Waals surface area contributed by atoms with E-state index >= 15 is 0 Å². The lowest BCUT2D eigenvalue weighted by Gasteiger charge is -2.29. The van der Waals surface area contributed by atoms with E-state index in [1.165, 1.54) is 15.3 Å². The molecule has 1 saturated heterocycles. The molecule has 2 aromatic heterocycles. The van der Waals surface area contributed by atoms with Crippen molar-refractivity contribution >= 4 is 21.6 Å². The van der Waals surface area contributed by atoms with Crippen molar-refractivity contribution in [3.8, 4) is 5.75 Å². The fraction of sp³-hybridized carbons (Fsp3) is 0.455. The summed E-state index contributed by atoms with van der Waals surface area (Å²) in [5.74, 6) is 1.77. The monoisotopic (exact) mass is 414 g/mol. The zero-order valence-electron chi connectivity index (χ0n) is 17.4. The van der Waals surface area contributed by atoms with E-state index in [1.54, 1.807) is 16.2 Å². The average Bonchev–Trinajstić information content (AvgIpc) is 2.97. The maximum absolute atomic E-state index is 12.5. The van der Waals surface area contributed by atoms with Gasteiger partial charge in [0.15, 0.2) is 5.82 Å². The molecule has 0 spiro atoms. The fourth-order valence-electron chi connectivity index (χ4n) is 4.02. The van der Waals surface area contributed by atoms with Crippen LogP contribution in [0.15, 0.2) is 29.1 Å². The normalized spacial score (nSPS) is 19.6. The molecule has 0 amide bonds. The number of piperazine rings is 1. The Morgan fingerprint density at radius 2 is 1.90 bits per heavy atom. The molecule has 0 radical (unpaired) electrons. The van der Waals surface area contributed by atoms with Crippen molar-refractivity contribution in [3.05, 3.63) is 56.4 Å². The quantitative estimate of drug-likeness (QED) is 0.543. The van der Waals surface area contributed by atoms with Crippen molar-refractivity contribution < 1.29 is 14.5 Å². The third-order valence-corrected chi connectivity index (χ3v) is 6.98. The second-order valence-corrected chi connectivity index (χ2v) is 9.27. The summed E-state index contributed by atoms with van der Waals surface area (Å²) in [5, 5.41) is 0.758. The molecule has 3 aromatic rings. The summed E-state index contributed by atoms with van der Waals surface area (Å²) in [6.07, 6.45) is 0. The minimum atomic E-state index is 0.00353. The standard InChI is InChI=1S/C22H28N4O2S/c1-15-5-4-6-18(13-15)28-12-11-25-7-9-26(10-8-25)14-19-23-21(27)20-16(2)17(3)29-22(20)24-19/h4-6,13H,7-12,14H2,1-3H3,(H,23,24,27)/p+2. The molecule has 1 aliphatic rings. The minimum Gasteiger partial charge on any atom is -0.488 e. The van der Waals surface area contributed by atoms with Crippen LogP contribution in [0.2, 0.25) is 0 Å². The van der Waals surface area contributed by atoms with Gasteiger partial charge in [0, 0.05) is 4.88 Å². The number of benzene rings is 1. The van der Waals surface area contributed by atoms with Crippen LogP contribution in [0.1, 0.15) is 21.8 Å². The van der Waals surface area contributed by atoms with Crippen molar-refractivity contribution in [2.24, 2.45) is 0 Å². The van der Waals surface area contributed by atoms with Gasteiger partial charge in [-0.15, -0.1) is 11.3 Å². The highest BCUT2D eigenvalue weighted by molar-refractivity contribution is 7.18. The van der Waals surface area contributed by atoms with Crippen LogP contribution in [0.25, 0.3) is 10.2 Å². The molecule has 3 N–H and O–H groups in total. The molecule has 7 heteroatoms. The Morgan fingerprint density at radius 3 is 2.66 bits per heavy atom. The van der Waals surface area contributed by atoms with Gasteiger partial charge in [-0.2, -0.15) is 0 Å². The first-order valence-electron chi connectivity index (χ1n) is 10.3. The first kappa shape index (κ1) is 20.1. The number of quaternary nitrogens is 2. The number of fused-ring (bicyclic) bond motifs is 1. The number of nitrogens with one attached hydrogen (secondary N) is 3. The van der Waals surface area contributed by atoms with Crippen molar-refractivity contribution in [1.29, 1.82) is 0 Å². The van der Waals surface area contributed by atoms with E-state index in [2.05, 4.69) is 31.0 Å². The molecule has 4 rings (SSSR count). The Kier molecular flexibility index (Phi) is 5.99. The lowest BCUT2D eigenvalue weighted by atomic mass is 10.2. The highest BCUT2D eigenvalue weighted by atomic mass is 32.1. The molecule has 0 unspecified atom stereocenters. The van der Waals surface area contributed by atoms with Crippen LogP contribution in [0, 0.1) is 20.8 Å². The number of nitrogens with zero attached hydrogens (tertiary/aromatic N) is 1. The fourth-order valence-corrected chi connectivity index (χ4v) is 5.07. The lowest BCUT2D eigenvalue weighted by molar-refractivity contribution is -1.02. The molecule has 154 valence electrons. The number of aromatic nitrogens is 2. The lowest BCUT2D eigenvalue weighted by Crippen LogP contribution is -3.27. The van der Waals surface area contributed by atoms with Gasteiger partial charge >= 0.3 is 0 Å². The van der Waals surface area contributed by atoms with E-state index in [0.29, 0.717) is 0 Å². The van der Waals surface area contributed by atoms with Gasteiger partial charge in [0.1, 0.15) is 56.5 Å². The second kappa shape index (κ2) is 8.65. The summed E-state index contributed by atoms with van der Waals surface area (Å²) < 4.78 is 5.90. The van der Waals surface area contributed by atoms with Gasteiger partial charge in [0.25, 0.3) is 5.56 Å². The van der Waals surface area contributed by atoms with Crippen molar-refractivity contribution in [3.63, 3.8) is 0 Å². The highest BCUT2D eigenvalue weighted by Crippen LogP contribution is 2.25. The molecule has 0 bridgehead atoms. The second-order valence-electron chi connectivity index (χ2n) is 8.07. The van der Waals surface area contributed by atoms with E-state index in [9.17, 15) is 4.79 Å². The number of hydrogen-bond donors (Lipinski definition) is 3. The molecule has 0 saturated carbocycles. The van der Waals surface area contributed by atoms with Gasteiger partial charge in [0.05, 0.1) is 5.39 Å². The van der Waals surface area contributed by atoms with Gasteiger partial charge < -0.3 is 19.5 Å². The SMILES string of the molecule is Cc1cccc(OCC[NH+]2CC[NH+](Cc3nc4sc(C)c(C)c4c(=O)[nH]3)CC2)c1. The third kappa shape index (κ3) is 4.69. The zero-order chi connectivity index (χ0) is 20.4. The van der Waals surface area contributed by atoms with E-state index in [-0.39, 0.29) is 5.56 Å². The Balaban J connectivity index is 1.28. The Labute approximate surface area is 175 Å². The first-order chi connectivity index (χ1) is 14.0. The maximum Gasteiger partial charge on any atom is 0.260 e. The van der Waals surface area contributed by atoms with E-state index in [1.807, 2.05) is 19.1 Å². The van der Waals surface area contributed by atoms with Crippen LogP contribution in [0.3, 0.4) is 0 Å². The van der Waals surface area contributed by atoms with E-state index < -0.39 is 0 Å². The smallest absolute Gasteiger partial charge is 0.260 e. The molecular weight excluding hydrogens is 384 g/mol. The van der Waals surface area contributed by atoms with Crippen LogP contribution in [0.4, 0.5) is 0 Å². The number of aryl methyl sites for hydroxylation is 3. The summed E-state index contributed by atoms with van der Waals surface area (Å²) in [6.45, 7) is 13.1. The Hall–Kier alpha value is -2.22. The first-order valence-corrected chi connectivity index (χ1v) is 11.2.